The molecule has 6 nitrogen and oxygen atoms in total. The molecule has 3 aliphatic heterocycles. The second-order valence-corrected chi connectivity index (χ2v) is 8.83. The van der Waals surface area contributed by atoms with Gasteiger partial charge in [-0.15, -0.1) is 0 Å². The van der Waals surface area contributed by atoms with Gasteiger partial charge < -0.3 is 14.7 Å². The van der Waals surface area contributed by atoms with Gasteiger partial charge in [0.25, 0.3) is 0 Å². The van der Waals surface area contributed by atoms with Crippen LogP contribution in [-0.4, -0.2) is 96.4 Å². The van der Waals surface area contributed by atoms with E-state index in [2.05, 4.69) is 16.8 Å². The molecule has 3 heterocycles. The molecule has 0 aliphatic carbocycles. The maximum Gasteiger partial charge on any atom is 0.245 e. The average molecular weight is 399 g/mol. The Bertz CT molecular complexity index is 702. The quantitative estimate of drug-likeness (QED) is 0.770. The number of hydrogen-bond acceptors (Lipinski definition) is 4. The molecule has 3 aliphatic rings. The first-order valence-corrected chi connectivity index (χ1v) is 11.2. The van der Waals surface area contributed by atoms with Crippen LogP contribution in [0.2, 0.25) is 0 Å². The largest absolute Gasteiger partial charge is 0.338 e. The first-order chi connectivity index (χ1) is 14.1. The van der Waals surface area contributed by atoms with Crippen LogP contribution in [0.25, 0.3) is 0 Å². The number of carbonyl (C=O) groups excluding carboxylic acids is 2. The van der Waals surface area contributed by atoms with Crippen LogP contribution < -0.4 is 0 Å². The van der Waals surface area contributed by atoms with Crippen LogP contribution in [0.1, 0.15) is 31.2 Å². The highest BCUT2D eigenvalue weighted by molar-refractivity contribution is 5.89. The molecular weight excluding hydrogens is 364 g/mol. The highest BCUT2D eigenvalue weighted by atomic mass is 16.2. The lowest BCUT2D eigenvalue weighted by Crippen LogP contribution is -2.58. The molecule has 1 aromatic rings. The van der Waals surface area contributed by atoms with E-state index in [1.807, 2.05) is 40.1 Å². The van der Waals surface area contributed by atoms with Gasteiger partial charge in [-0.05, 0) is 44.8 Å². The van der Waals surface area contributed by atoms with Crippen molar-refractivity contribution < 1.29 is 9.59 Å². The number of amides is 2. The lowest BCUT2D eigenvalue weighted by molar-refractivity contribution is -0.145. The molecule has 1 aromatic carbocycles. The topological polar surface area (TPSA) is 47.1 Å². The number of hydrogen-bond donors (Lipinski definition) is 0. The molecule has 0 radical (unpaired) electrons. The van der Waals surface area contributed by atoms with Crippen molar-refractivity contribution in [2.75, 3.05) is 52.9 Å². The van der Waals surface area contributed by atoms with Crippen LogP contribution in [0.5, 0.6) is 0 Å². The number of nitrogens with zero attached hydrogens (tertiary/aromatic N) is 4. The second-order valence-electron chi connectivity index (χ2n) is 8.83. The summed E-state index contributed by atoms with van der Waals surface area (Å²) in [6.07, 6.45) is 4.63. The maximum absolute atomic E-state index is 13.2. The molecule has 2 amide bonds. The van der Waals surface area contributed by atoms with Crippen molar-refractivity contribution in [2.24, 2.45) is 0 Å². The number of likely N-dealkylation sites (N-methyl/N-ethyl adjacent to an activating group) is 1. The molecule has 6 heteroatoms. The third-order valence-electron chi connectivity index (χ3n) is 6.80. The summed E-state index contributed by atoms with van der Waals surface area (Å²) in [5.74, 6) is 0.236. The fourth-order valence-electron chi connectivity index (χ4n) is 5.15. The van der Waals surface area contributed by atoms with Gasteiger partial charge in [0.15, 0.2) is 0 Å². The lowest BCUT2D eigenvalue weighted by Gasteiger charge is -2.43. The first kappa shape index (κ1) is 20.4. The molecule has 0 saturated carbocycles. The van der Waals surface area contributed by atoms with E-state index >= 15 is 0 Å². The summed E-state index contributed by atoms with van der Waals surface area (Å²) in [7, 11) is 2.20. The van der Waals surface area contributed by atoms with Crippen LogP contribution in [0.3, 0.4) is 0 Å². The second kappa shape index (κ2) is 9.26. The number of rotatable bonds is 4. The Balaban J connectivity index is 1.31. The molecule has 29 heavy (non-hydrogen) atoms. The monoisotopic (exact) mass is 398 g/mol. The molecular formula is C23H34N4O2. The third kappa shape index (κ3) is 4.81. The maximum atomic E-state index is 13.2. The fourth-order valence-corrected chi connectivity index (χ4v) is 5.15. The predicted molar refractivity (Wildman–Crippen MR) is 114 cm³/mol. The van der Waals surface area contributed by atoms with E-state index in [-0.39, 0.29) is 17.9 Å². The fraction of sp³-hybridized carbons (Fsp3) is 0.652. The van der Waals surface area contributed by atoms with Crippen molar-refractivity contribution in [3.8, 4) is 0 Å². The molecule has 3 fully saturated rings. The SMILES string of the molecule is CN1CCCC(N2CCN(C(=O)C3CCCN3C(=O)Cc3ccccc3)CC2)C1. The molecule has 0 spiro atoms. The standard InChI is InChI=1S/C23H34N4O2/c1-24-11-5-9-20(18-24)25-13-15-26(16-14-25)23(29)21-10-6-12-27(21)22(28)17-19-7-3-2-4-8-19/h2-4,7-8,20-21H,5-6,9-18H2,1H3. The molecule has 158 valence electrons. The first-order valence-electron chi connectivity index (χ1n) is 11.2. The van der Waals surface area contributed by atoms with Gasteiger partial charge in [-0.3, -0.25) is 14.5 Å². The van der Waals surface area contributed by atoms with E-state index < -0.39 is 0 Å². The molecule has 0 N–H and O–H groups in total. The molecule has 2 atom stereocenters. The minimum absolute atomic E-state index is 0.0796. The van der Waals surface area contributed by atoms with Crippen molar-refractivity contribution in [1.82, 2.24) is 19.6 Å². The van der Waals surface area contributed by atoms with Gasteiger partial charge in [0.2, 0.25) is 11.8 Å². The van der Waals surface area contributed by atoms with Crippen molar-refractivity contribution >= 4 is 11.8 Å². The van der Waals surface area contributed by atoms with Crippen LogP contribution in [-0.2, 0) is 16.0 Å². The van der Waals surface area contributed by atoms with Crippen LogP contribution in [0.15, 0.2) is 30.3 Å². The Kier molecular flexibility index (Phi) is 6.50. The van der Waals surface area contributed by atoms with Gasteiger partial charge in [0.1, 0.15) is 6.04 Å². The summed E-state index contributed by atoms with van der Waals surface area (Å²) in [6.45, 7) is 6.52. The van der Waals surface area contributed by atoms with Gasteiger partial charge in [-0.25, -0.2) is 0 Å². The zero-order valence-electron chi connectivity index (χ0n) is 17.6. The number of benzene rings is 1. The van der Waals surface area contributed by atoms with Crippen molar-refractivity contribution in [1.29, 1.82) is 0 Å². The minimum Gasteiger partial charge on any atom is -0.338 e. The van der Waals surface area contributed by atoms with Crippen LogP contribution in [0.4, 0.5) is 0 Å². The van der Waals surface area contributed by atoms with Crippen molar-refractivity contribution in [3.05, 3.63) is 35.9 Å². The van der Waals surface area contributed by atoms with E-state index in [0.717, 1.165) is 51.1 Å². The molecule has 4 rings (SSSR count). The Morgan fingerprint density at radius 3 is 2.38 bits per heavy atom. The van der Waals surface area contributed by atoms with E-state index in [0.29, 0.717) is 19.0 Å². The number of carbonyl (C=O) groups is 2. The Morgan fingerprint density at radius 1 is 0.931 bits per heavy atom. The van der Waals surface area contributed by atoms with E-state index in [1.165, 1.54) is 19.4 Å². The predicted octanol–water partition coefficient (Wildman–Crippen LogP) is 1.46. The smallest absolute Gasteiger partial charge is 0.245 e. The van der Waals surface area contributed by atoms with Crippen LogP contribution in [0, 0.1) is 0 Å². The highest BCUT2D eigenvalue weighted by Crippen LogP contribution is 2.23. The molecule has 0 bridgehead atoms. The Labute approximate surface area is 174 Å². The normalized spacial score (nSPS) is 26.7. The molecule has 2 unspecified atom stereocenters. The Hall–Kier alpha value is -1.92. The van der Waals surface area contributed by atoms with E-state index in [9.17, 15) is 9.59 Å². The Morgan fingerprint density at radius 2 is 1.66 bits per heavy atom. The van der Waals surface area contributed by atoms with Gasteiger partial charge >= 0.3 is 0 Å². The van der Waals surface area contributed by atoms with Crippen molar-refractivity contribution in [3.63, 3.8) is 0 Å². The zero-order valence-corrected chi connectivity index (χ0v) is 17.6. The number of piperazine rings is 1. The third-order valence-corrected chi connectivity index (χ3v) is 6.80. The summed E-state index contributed by atoms with van der Waals surface area (Å²) < 4.78 is 0. The average Bonchev–Trinajstić information content (AvgIpc) is 3.24. The summed E-state index contributed by atoms with van der Waals surface area (Å²) in [5, 5.41) is 0. The van der Waals surface area contributed by atoms with Gasteiger partial charge in [-0.1, -0.05) is 30.3 Å². The van der Waals surface area contributed by atoms with Gasteiger partial charge in [0.05, 0.1) is 6.42 Å². The summed E-state index contributed by atoms with van der Waals surface area (Å²) >= 11 is 0. The molecule has 3 saturated heterocycles. The van der Waals surface area contributed by atoms with Crippen LogP contribution >= 0.6 is 0 Å². The summed E-state index contributed by atoms with van der Waals surface area (Å²) in [6, 6.07) is 10.2. The van der Waals surface area contributed by atoms with E-state index in [1.54, 1.807) is 0 Å². The van der Waals surface area contributed by atoms with Crippen molar-refractivity contribution in [2.45, 2.75) is 44.2 Å². The summed E-state index contributed by atoms with van der Waals surface area (Å²) in [5.41, 5.74) is 1.02. The van der Waals surface area contributed by atoms with Gasteiger partial charge in [-0.2, -0.15) is 0 Å². The minimum atomic E-state index is -0.265. The highest BCUT2D eigenvalue weighted by Gasteiger charge is 2.38. The van der Waals surface area contributed by atoms with Gasteiger partial charge in [0, 0.05) is 45.3 Å². The number of piperidine rings is 1. The molecule has 0 aromatic heterocycles. The number of likely N-dealkylation sites (tertiary alicyclic amines) is 2. The lowest BCUT2D eigenvalue weighted by atomic mass is 10.0. The zero-order chi connectivity index (χ0) is 20.2. The van der Waals surface area contributed by atoms with E-state index in [4.69, 9.17) is 0 Å². The summed E-state index contributed by atoms with van der Waals surface area (Å²) in [4.78, 5) is 34.9.